The van der Waals surface area contributed by atoms with E-state index in [1.54, 1.807) is 27.3 Å². The molecule has 0 fully saturated rings. The molecule has 260 valence electrons. The monoisotopic (exact) mass is 686 g/mol. The van der Waals surface area contributed by atoms with Gasteiger partial charge in [-0.15, -0.1) is 0 Å². The summed E-state index contributed by atoms with van der Waals surface area (Å²) >= 11 is 0. The Kier molecular flexibility index (Phi) is 13.0. The second kappa shape index (κ2) is 17.6. The molecule has 0 radical (unpaired) electrons. The van der Waals surface area contributed by atoms with Gasteiger partial charge in [0.2, 0.25) is 0 Å². The van der Waals surface area contributed by atoms with E-state index in [0.29, 0.717) is 25.5 Å². The minimum atomic E-state index is -3.41. The van der Waals surface area contributed by atoms with Crippen molar-refractivity contribution in [3.8, 4) is 5.75 Å². The van der Waals surface area contributed by atoms with Crippen LogP contribution in [0, 0.1) is 0 Å². The SMILES string of the molecule is CCCCOC[C@H](Cc1ccc2c(NC(c3ccccc3)(c3ccccc3)c3ccc(OC)cc3)ncnn12)OCP(=O)(OCC)OCC. The molecule has 0 aliphatic heterocycles. The Bertz CT molecular complexity index is 1720. The highest BCUT2D eigenvalue weighted by atomic mass is 31.2. The van der Waals surface area contributed by atoms with Gasteiger partial charge in [0.05, 0.1) is 33.0 Å². The highest BCUT2D eigenvalue weighted by molar-refractivity contribution is 7.53. The molecule has 5 aromatic rings. The molecule has 49 heavy (non-hydrogen) atoms. The maximum Gasteiger partial charge on any atom is 0.356 e. The molecule has 2 aromatic heterocycles. The van der Waals surface area contributed by atoms with Crippen LogP contribution < -0.4 is 10.1 Å². The molecule has 0 unspecified atom stereocenters. The fourth-order valence-corrected chi connectivity index (χ4v) is 7.32. The van der Waals surface area contributed by atoms with Crippen molar-refractivity contribution in [2.75, 3.05) is 45.2 Å². The molecule has 0 spiro atoms. The molecule has 0 amide bonds. The molecule has 0 bridgehead atoms. The van der Waals surface area contributed by atoms with Crippen LogP contribution in [-0.4, -0.2) is 60.6 Å². The molecule has 2 heterocycles. The summed E-state index contributed by atoms with van der Waals surface area (Å²) in [7, 11) is -1.74. The number of aromatic nitrogens is 3. The average molecular weight is 687 g/mol. The Morgan fingerprint density at radius 1 is 0.837 bits per heavy atom. The van der Waals surface area contributed by atoms with Gasteiger partial charge in [-0.25, -0.2) is 9.50 Å². The molecule has 0 saturated carbocycles. The summed E-state index contributed by atoms with van der Waals surface area (Å²) < 4.78 is 43.7. The average Bonchev–Trinajstić information content (AvgIpc) is 3.55. The Labute approximate surface area is 289 Å². The quantitative estimate of drug-likeness (QED) is 0.0494. The van der Waals surface area contributed by atoms with Gasteiger partial charge in [0.25, 0.3) is 0 Å². The van der Waals surface area contributed by atoms with Crippen molar-refractivity contribution in [1.29, 1.82) is 0 Å². The third-order valence-corrected chi connectivity index (χ3v) is 10.0. The van der Waals surface area contributed by atoms with Gasteiger partial charge in [0.15, 0.2) is 5.82 Å². The second-order valence-corrected chi connectivity index (χ2v) is 13.6. The molecule has 3 aromatic carbocycles. The van der Waals surface area contributed by atoms with Crippen LogP contribution in [0.3, 0.4) is 0 Å². The first-order chi connectivity index (χ1) is 24.0. The predicted molar refractivity (Wildman–Crippen MR) is 192 cm³/mol. The number of hydrogen-bond acceptors (Lipinski definition) is 9. The molecule has 0 aliphatic carbocycles. The van der Waals surface area contributed by atoms with Crippen molar-refractivity contribution >= 4 is 18.9 Å². The van der Waals surface area contributed by atoms with Crippen LogP contribution in [0.2, 0.25) is 0 Å². The van der Waals surface area contributed by atoms with Crippen molar-refractivity contribution in [1.82, 2.24) is 14.6 Å². The third kappa shape index (κ3) is 8.76. The number of ether oxygens (including phenoxy) is 3. The Morgan fingerprint density at radius 3 is 2.06 bits per heavy atom. The lowest BCUT2D eigenvalue weighted by molar-refractivity contribution is -0.00708. The van der Waals surface area contributed by atoms with E-state index >= 15 is 0 Å². The summed E-state index contributed by atoms with van der Waals surface area (Å²) in [4.78, 5) is 4.78. The Morgan fingerprint density at radius 2 is 1.47 bits per heavy atom. The zero-order chi connectivity index (χ0) is 34.5. The zero-order valence-electron chi connectivity index (χ0n) is 28.8. The normalized spacial score (nSPS) is 12.7. The van der Waals surface area contributed by atoms with Gasteiger partial charge < -0.3 is 28.6 Å². The van der Waals surface area contributed by atoms with Crippen molar-refractivity contribution < 1.29 is 27.8 Å². The van der Waals surface area contributed by atoms with Gasteiger partial charge in [-0.1, -0.05) is 86.1 Å². The van der Waals surface area contributed by atoms with Crippen LogP contribution in [0.1, 0.15) is 56.0 Å². The van der Waals surface area contributed by atoms with Gasteiger partial charge in [-0.3, -0.25) is 4.57 Å². The van der Waals surface area contributed by atoms with Crippen LogP contribution in [0.5, 0.6) is 5.75 Å². The highest BCUT2D eigenvalue weighted by Crippen LogP contribution is 2.48. The number of anilines is 1. The van der Waals surface area contributed by atoms with Gasteiger partial charge in [-0.2, -0.15) is 5.10 Å². The molecule has 1 atom stereocenters. The van der Waals surface area contributed by atoms with E-state index in [4.69, 9.17) is 28.2 Å². The molecule has 1 N–H and O–H groups in total. The number of fused-ring (bicyclic) bond motifs is 1. The fourth-order valence-electron chi connectivity index (χ4n) is 5.91. The first-order valence-corrected chi connectivity index (χ1v) is 18.6. The number of unbranched alkanes of at least 4 members (excludes halogenated alkanes) is 1. The first-order valence-electron chi connectivity index (χ1n) is 16.9. The zero-order valence-corrected chi connectivity index (χ0v) is 29.7. The highest BCUT2D eigenvalue weighted by Gasteiger charge is 2.37. The summed E-state index contributed by atoms with van der Waals surface area (Å²) in [5.74, 6) is 1.42. The maximum atomic E-state index is 13.2. The van der Waals surface area contributed by atoms with Crippen molar-refractivity contribution in [3.05, 3.63) is 126 Å². The van der Waals surface area contributed by atoms with E-state index < -0.39 is 19.2 Å². The van der Waals surface area contributed by atoms with Crippen LogP contribution >= 0.6 is 7.60 Å². The molecule has 11 heteroatoms. The molecule has 5 rings (SSSR count). The van der Waals surface area contributed by atoms with Crippen LogP contribution in [0.25, 0.3) is 5.52 Å². The Balaban J connectivity index is 1.53. The van der Waals surface area contributed by atoms with Crippen molar-refractivity contribution in [3.63, 3.8) is 0 Å². The van der Waals surface area contributed by atoms with Gasteiger partial charge in [0, 0.05) is 18.7 Å². The minimum Gasteiger partial charge on any atom is -0.497 e. The summed E-state index contributed by atoms with van der Waals surface area (Å²) in [6.07, 6.45) is 3.39. The lowest BCUT2D eigenvalue weighted by Gasteiger charge is -2.37. The van der Waals surface area contributed by atoms with Crippen LogP contribution in [0.15, 0.2) is 103 Å². The lowest BCUT2D eigenvalue weighted by Crippen LogP contribution is -2.38. The lowest BCUT2D eigenvalue weighted by atomic mass is 9.77. The summed E-state index contributed by atoms with van der Waals surface area (Å²) in [5, 5.41) is 8.52. The van der Waals surface area contributed by atoms with E-state index in [0.717, 1.165) is 46.5 Å². The smallest absolute Gasteiger partial charge is 0.356 e. The van der Waals surface area contributed by atoms with Crippen molar-refractivity contribution in [2.24, 2.45) is 0 Å². The van der Waals surface area contributed by atoms with Gasteiger partial charge in [-0.05, 0) is 61.2 Å². The maximum absolute atomic E-state index is 13.2. The van der Waals surface area contributed by atoms with Crippen molar-refractivity contribution in [2.45, 2.75) is 51.7 Å². The second-order valence-electron chi connectivity index (χ2n) is 11.6. The van der Waals surface area contributed by atoms with E-state index in [1.165, 1.54) is 0 Å². The number of rotatable bonds is 20. The summed E-state index contributed by atoms with van der Waals surface area (Å²) in [6, 6.07) is 32.8. The topological polar surface area (TPSA) is 105 Å². The molecule has 0 saturated heterocycles. The summed E-state index contributed by atoms with van der Waals surface area (Å²) in [5.41, 5.74) is 3.97. The van der Waals surface area contributed by atoms with E-state index in [1.807, 2.05) is 65.2 Å². The number of hydrogen-bond donors (Lipinski definition) is 1. The minimum absolute atomic E-state index is 0.167. The van der Waals surface area contributed by atoms with Gasteiger partial charge >= 0.3 is 7.60 Å². The largest absolute Gasteiger partial charge is 0.497 e. The molecular weight excluding hydrogens is 639 g/mol. The number of nitrogens with one attached hydrogen (secondary N) is 1. The fraction of sp³-hybridized carbons (Fsp3) is 0.368. The number of methoxy groups -OCH3 is 1. The standard InChI is InChI=1S/C38H47N4O6P/c1-5-8-25-45-27-35(46-29-49(43,47-6-2)48-7-3)26-33-21-24-36-37(39-28-40-42(33)36)41-38(30-15-11-9-12-16-30,31-17-13-10-14-18-31)32-19-22-34(44-4)23-20-32/h9-24,28,35H,5-8,25-27,29H2,1-4H3,(H,39,40,41)/t35-/m0/s1. The molecule has 10 nitrogen and oxygen atoms in total. The van der Waals surface area contributed by atoms with Crippen LogP contribution in [0.4, 0.5) is 5.82 Å². The first kappa shape index (κ1) is 36.2. The van der Waals surface area contributed by atoms with E-state index in [9.17, 15) is 4.57 Å². The molecular formula is C38H47N4O6P. The number of benzene rings is 3. The van der Waals surface area contributed by atoms with Crippen LogP contribution in [-0.2, 0) is 35.0 Å². The third-order valence-electron chi connectivity index (χ3n) is 8.28. The van der Waals surface area contributed by atoms with E-state index in [2.05, 4.69) is 53.7 Å². The number of nitrogens with zero attached hydrogens (tertiary/aromatic N) is 3. The summed E-state index contributed by atoms with van der Waals surface area (Å²) in [6.45, 7) is 7.15. The molecule has 0 aliphatic rings. The van der Waals surface area contributed by atoms with E-state index in [-0.39, 0.29) is 19.6 Å². The van der Waals surface area contributed by atoms with Gasteiger partial charge in [0.1, 0.15) is 29.5 Å². The Hall–Kier alpha value is -4.05. The predicted octanol–water partition coefficient (Wildman–Crippen LogP) is 8.11.